The number of carbonyl (C=O) groups excluding carboxylic acids is 2. The molecule has 9 heteroatoms. The molecule has 2 aromatic rings. The quantitative estimate of drug-likeness (QED) is 0.355. The monoisotopic (exact) mass is 538 g/mol. The first kappa shape index (κ1) is 28.0. The molecule has 4 atom stereocenters. The van der Waals surface area contributed by atoms with Gasteiger partial charge in [-0.1, -0.05) is 43.3 Å². The van der Waals surface area contributed by atoms with Crippen molar-refractivity contribution in [3.63, 3.8) is 0 Å². The molecule has 2 aliphatic rings. The largest absolute Gasteiger partial charge is 0.497 e. The number of aliphatic hydroxyl groups excluding tert-OH is 1. The molecule has 38 heavy (non-hydrogen) atoms. The molecule has 204 valence electrons. The highest BCUT2D eigenvalue weighted by Gasteiger charge is 2.66. The van der Waals surface area contributed by atoms with Gasteiger partial charge in [0.25, 0.3) is 5.91 Å². The number of nitrogens with zero attached hydrogens (tertiary/aromatic N) is 2. The normalized spacial score (nSPS) is 24.5. The zero-order chi connectivity index (χ0) is 27.7. The van der Waals surface area contributed by atoms with E-state index in [1.807, 2.05) is 62.5 Å². The van der Waals surface area contributed by atoms with Crippen molar-refractivity contribution in [1.82, 2.24) is 4.90 Å². The van der Waals surface area contributed by atoms with Crippen LogP contribution in [0.4, 0.5) is 5.69 Å². The van der Waals surface area contributed by atoms with Crippen LogP contribution in [0, 0.1) is 5.92 Å². The minimum Gasteiger partial charge on any atom is -0.497 e. The summed E-state index contributed by atoms with van der Waals surface area (Å²) >= 11 is 0. The van der Waals surface area contributed by atoms with Crippen molar-refractivity contribution >= 4 is 25.8 Å². The molecule has 1 spiro atoms. The summed E-state index contributed by atoms with van der Waals surface area (Å²) in [7, 11) is -1.35. The number of hydrogen-bond donors (Lipinski definition) is 2. The molecule has 2 N–H and O–H groups in total. The van der Waals surface area contributed by atoms with Gasteiger partial charge in [-0.25, -0.2) is 0 Å². The lowest BCUT2D eigenvalue weighted by atomic mass is 9.82. The van der Waals surface area contributed by atoms with Crippen LogP contribution in [-0.2, 0) is 26.5 Å². The lowest BCUT2D eigenvalue weighted by Crippen LogP contribution is -2.46. The Morgan fingerprint density at radius 2 is 1.97 bits per heavy atom. The highest BCUT2D eigenvalue weighted by molar-refractivity contribution is 6.71. The summed E-state index contributed by atoms with van der Waals surface area (Å²) < 4.78 is 12.2. The molecule has 8 nitrogen and oxygen atoms in total. The molecule has 2 amide bonds. The van der Waals surface area contributed by atoms with Crippen LogP contribution in [0.15, 0.2) is 61.2 Å². The van der Waals surface area contributed by atoms with E-state index in [1.54, 1.807) is 29.1 Å². The Morgan fingerprint density at radius 1 is 1.26 bits per heavy atom. The van der Waals surface area contributed by atoms with Crippen LogP contribution < -0.4 is 9.64 Å². The molecule has 2 heterocycles. The van der Waals surface area contributed by atoms with E-state index in [-0.39, 0.29) is 42.8 Å². The molecular weight excluding hydrogens is 500 g/mol. The second-order valence-corrected chi connectivity index (χ2v) is 14.7. The van der Waals surface area contributed by atoms with Crippen molar-refractivity contribution in [1.29, 1.82) is 0 Å². The number of anilines is 1. The van der Waals surface area contributed by atoms with E-state index in [0.29, 0.717) is 24.4 Å². The van der Waals surface area contributed by atoms with Crippen LogP contribution in [0.25, 0.3) is 0 Å². The van der Waals surface area contributed by atoms with Crippen LogP contribution >= 0.6 is 0 Å². The van der Waals surface area contributed by atoms with Gasteiger partial charge in [-0.2, -0.15) is 0 Å². The van der Waals surface area contributed by atoms with E-state index in [4.69, 9.17) is 9.47 Å². The second-order valence-electron chi connectivity index (χ2n) is 10.7. The third kappa shape index (κ3) is 4.91. The van der Waals surface area contributed by atoms with E-state index in [1.165, 1.54) is 0 Å². The number of hydrogen-bond acceptors (Lipinski definition) is 6. The Hall–Kier alpha value is -2.98. The number of aliphatic hydroxyl groups is 1. The Bertz CT molecular complexity index is 1180. The predicted octanol–water partition coefficient (Wildman–Crippen LogP) is 3.44. The third-order valence-electron chi connectivity index (χ3n) is 7.82. The number of carbonyl (C=O) groups is 2. The lowest BCUT2D eigenvalue weighted by molar-refractivity contribution is -0.149. The van der Waals surface area contributed by atoms with E-state index in [0.717, 1.165) is 11.3 Å². The van der Waals surface area contributed by atoms with Crippen LogP contribution in [0.5, 0.6) is 5.75 Å². The average Bonchev–Trinajstić information content (AvgIpc) is 3.31. The van der Waals surface area contributed by atoms with Gasteiger partial charge in [0.1, 0.15) is 5.75 Å². The molecule has 0 aliphatic carbocycles. The standard InChI is InChI=1S/C29H38N2O6Si/c1-6-14-31-24-13-12-22(36-3)17-23(24)29(28(31)34)20(2)27(38(4,5)35)25(37-29)18-26(33)30(15-16-32)19-21-10-8-7-9-11-21/h6-13,17,20,25,27,32,35H,1,14-16,18-19H2,2-5H3/t20-,25+,27-,29+/m0/s1. The number of ether oxygens (including phenoxy) is 2. The fourth-order valence-electron chi connectivity index (χ4n) is 6.21. The van der Waals surface area contributed by atoms with Crippen LogP contribution in [0.1, 0.15) is 24.5 Å². The number of amides is 2. The molecule has 0 unspecified atom stereocenters. The first-order valence-corrected chi connectivity index (χ1v) is 16.0. The van der Waals surface area contributed by atoms with Crippen molar-refractivity contribution in [2.75, 3.05) is 31.7 Å². The maximum absolute atomic E-state index is 14.1. The molecule has 0 bridgehead atoms. The van der Waals surface area contributed by atoms with Crippen LogP contribution in [0.2, 0.25) is 18.6 Å². The molecule has 0 radical (unpaired) electrons. The van der Waals surface area contributed by atoms with Gasteiger partial charge in [0.2, 0.25) is 5.91 Å². The maximum atomic E-state index is 14.1. The molecular formula is C29H38N2O6Si. The van der Waals surface area contributed by atoms with Gasteiger partial charge in [0, 0.05) is 36.7 Å². The zero-order valence-corrected chi connectivity index (χ0v) is 23.6. The summed E-state index contributed by atoms with van der Waals surface area (Å²) in [5, 5.41) is 9.66. The van der Waals surface area contributed by atoms with E-state index in [2.05, 4.69) is 6.58 Å². The third-order valence-corrected chi connectivity index (χ3v) is 10.3. The van der Waals surface area contributed by atoms with Gasteiger partial charge >= 0.3 is 0 Å². The van der Waals surface area contributed by atoms with Crippen molar-refractivity contribution in [3.8, 4) is 5.75 Å². The molecule has 2 aliphatic heterocycles. The molecule has 0 saturated carbocycles. The average molecular weight is 539 g/mol. The van der Waals surface area contributed by atoms with Gasteiger partial charge in [-0.3, -0.25) is 9.59 Å². The smallest absolute Gasteiger partial charge is 0.264 e. The van der Waals surface area contributed by atoms with Gasteiger partial charge in [0.15, 0.2) is 13.9 Å². The van der Waals surface area contributed by atoms with Crippen molar-refractivity contribution in [2.45, 2.75) is 50.2 Å². The van der Waals surface area contributed by atoms with Gasteiger partial charge < -0.3 is 29.2 Å². The second kappa shape index (κ2) is 11.0. The Balaban J connectivity index is 1.72. The Kier molecular flexibility index (Phi) is 8.13. The minimum absolute atomic E-state index is 0.00534. The van der Waals surface area contributed by atoms with E-state index in [9.17, 15) is 19.5 Å². The highest BCUT2D eigenvalue weighted by atomic mass is 28.4. The molecule has 2 aromatic carbocycles. The summed E-state index contributed by atoms with van der Waals surface area (Å²) in [4.78, 5) is 42.4. The summed E-state index contributed by atoms with van der Waals surface area (Å²) in [5.41, 5.74) is 0.622. The Morgan fingerprint density at radius 3 is 2.58 bits per heavy atom. The molecule has 0 aromatic heterocycles. The van der Waals surface area contributed by atoms with Crippen LogP contribution in [-0.4, -0.2) is 67.8 Å². The van der Waals surface area contributed by atoms with Crippen molar-refractivity contribution in [2.24, 2.45) is 5.92 Å². The first-order valence-electron chi connectivity index (χ1n) is 13.0. The topological polar surface area (TPSA) is 99.5 Å². The Labute approximate surface area is 225 Å². The number of fused-ring (bicyclic) bond motifs is 2. The van der Waals surface area contributed by atoms with Crippen molar-refractivity contribution < 1.29 is 29.0 Å². The minimum atomic E-state index is -2.92. The van der Waals surface area contributed by atoms with E-state index < -0.39 is 20.0 Å². The summed E-state index contributed by atoms with van der Waals surface area (Å²) in [6.07, 6.45) is 0.992. The fourth-order valence-corrected chi connectivity index (χ4v) is 8.77. The lowest BCUT2D eigenvalue weighted by Gasteiger charge is -2.32. The molecule has 1 saturated heterocycles. The maximum Gasteiger partial charge on any atom is 0.264 e. The van der Waals surface area contributed by atoms with Gasteiger partial charge in [0.05, 0.1) is 31.9 Å². The number of rotatable bonds is 10. The number of methoxy groups -OCH3 is 1. The predicted molar refractivity (Wildman–Crippen MR) is 148 cm³/mol. The summed E-state index contributed by atoms with van der Waals surface area (Å²) in [6, 6.07) is 15.1. The van der Waals surface area contributed by atoms with E-state index >= 15 is 0 Å². The first-order chi connectivity index (χ1) is 18.1. The fraction of sp³-hybridized carbons (Fsp3) is 0.448. The van der Waals surface area contributed by atoms with Gasteiger partial charge in [-0.05, 0) is 36.9 Å². The zero-order valence-electron chi connectivity index (χ0n) is 22.6. The van der Waals surface area contributed by atoms with Crippen molar-refractivity contribution in [3.05, 3.63) is 72.3 Å². The molecule has 1 fully saturated rings. The molecule has 4 rings (SSSR count). The highest BCUT2D eigenvalue weighted by Crippen LogP contribution is 2.60. The summed E-state index contributed by atoms with van der Waals surface area (Å²) in [6.45, 7) is 10.1. The summed E-state index contributed by atoms with van der Waals surface area (Å²) in [5.74, 6) is -0.205. The SMILES string of the molecule is C=CCN1C(=O)[C@]2(O[C@H](CC(=O)N(CCO)Cc3ccccc3)[C@@H]([Si](C)(C)O)[C@@H]2C)c2cc(OC)ccc21. The van der Waals surface area contributed by atoms with Crippen LogP contribution in [0.3, 0.4) is 0 Å². The number of benzene rings is 2. The van der Waals surface area contributed by atoms with Gasteiger partial charge in [-0.15, -0.1) is 6.58 Å².